The van der Waals surface area contributed by atoms with Gasteiger partial charge in [-0.2, -0.15) is 4.98 Å². The van der Waals surface area contributed by atoms with E-state index < -0.39 is 0 Å². The zero-order valence-electron chi connectivity index (χ0n) is 14.8. The number of morpholine rings is 1. The van der Waals surface area contributed by atoms with Crippen LogP contribution in [0.2, 0.25) is 0 Å². The van der Waals surface area contributed by atoms with Gasteiger partial charge in [0.2, 0.25) is 5.88 Å². The van der Waals surface area contributed by atoms with Crippen molar-refractivity contribution in [2.45, 2.75) is 6.42 Å². The molecule has 1 saturated heterocycles. The number of hydrogen-bond acceptors (Lipinski definition) is 6. The van der Waals surface area contributed by atoms with Crippen molar-refractivity contribution in [1.82, 2.24) is 9.97 Å². The van der Waals surface area contributed by atoms with E-state index in [-0.39, 0.29) is 5.75 Å². The summed E-state index contributed by atoms with van der Waals surface area (Å²) in [6, 6.07) is 15.1. The van der Waals surface area contributed by atoms with Gasteiger partial charge in [0.1, 0.15) is 17.3 Å². The maximum Gasteiger partial charge on any atom is 0.228 e. The van der Waals surface area contributed by atoms with Crippen LogP contribution in [0, 0.1) is 0 Å². The molecule has 2 aliphatic rings. The van der Waals surface area contributed by atoms with Gasteiger partial charge in [0.25, 0.3) is 0 Å². The Morgan fingerprint density at radius 3 is 2.56 bits per heavy atom. The topological polar surface area (TPSA) is 67.7 Å². The van der Waals surface area contributed by atoms with Crippen molar-refractivity contribution in [1.29, 1.82) is 0 Å². The lowest BCUT2D eigenvalue weighted by atomic mass is 10.0. The lowest BCUT2D eigenvalue weighted by Crippen LogP contribution is -2.37. The normalized spacial score (nSPS) is 15.6. The maximum absolute atomic E-state index is 10.3. The third-order valence-electron chi connectivity index (χ3n) is 4.95. The van der Waals surface area contributed by atoms with Gasteiger partial charge in [-0.1, -0.05) is 30.3 Å². The summed E-state index contributed by atoms with van der Waals surface area (Å²) < 4.78 is 11.6. The second-order valence-corrected chi connectivity index (χ2v) is 6.66. The molecule has 0 radical (unpaired) electrons. The van der Waals surface area contributed by atoms with Crippen molar-refractivity contribution in [3.8, 4) is 28.8 Å². The Balaban J connectivity index is 1.67. The van der Waals surface area contributed by atoms with Crippen molar-refractivity contribution in [3.05, 3.63) is 59.7 Å². The van der Waals surface area contributed by atoms with Gasteiger partial charge in [-0.15, -0.1) is 0 Å². The van der Waals surface area contributed by atoms with E-state index in [1.807, 2.05) is 30.3 Å². The van der Waals surface area contributed by atoms with Crippen LogP contribution in [0.3, 0.4) is 0 Å². The number of benzene rings is 2. The van der Waals surface area contributed by atoms with E-state index in [9.17, 15) is 5.11 Å². The van der Waals surface area contributed by atoms with Crippen LogP contribution in [0.15, 0.2) is 48.5 Å². The van der Waals surface area contributed by atoms with E-state index in [2.05, 4.69) is 16.0 Å². The molecule has 0 spiro atoms. The highest BCUT2D eigenvalue weighted by Gasteiger charge is 2.27. The van der Waals surface area contributed by atoms with Crippen molar-refractivity contribution in [3.63, 3.8) is 0 Å². The van der Waals surface area contributed by atoms with Crippen LogP contribution in [-0.2, 0) is 11.2 Å². The smallest absolute Gasteiger partial charge is 0.228 e. The molecule has 0 amide bonds. The van der Waals surface area contributed by atoms with Gasteiger partial charge in [0.15, 0.2) is 5.82 Å². The number of nitrogens with zero attached hydrogens (tertiary/aromatic N) is 3. The van der Waals surface area contributed by atoms with E-state index in [1.54, 1.807) is 12.1 Å². The molecule has 0 unspecified atom stereocenters. The second-order valence-electron chi connectivity index (χ2n) is 6.66. The summed E-state index contributed by atoms with van der Waals surface area (Å²) in [6.45, 7) is 2.88. The predicted octanol–water partition coefficient (Wildman–Crippen LogP) is 3.38. The summed E-state index contributed by atoms with van der Waals surface area (Å²) in [4.78, 5) is 11.7. The van der Waals surface area contributed by atoms with Crippen LogP contribution >= 0.6 is 0 Å². The fraction of sp³-hybridized carbons (Fsp3) is 0.238. The molecule has 0 aliphatic carbocycles. The monoisotopic (exact) mass is 361 g/mol. The van der Waals surface area contributed by atoms with Gasteiger partial charge in [-0.3, -0.25) is 0 Å². The fourth-order valence-corrected chi connectivity index (χ4v) is 3.56. The van der Waals surface area contributed by atoms with Crippen molar-refractivity contribution in [2.24, 2.45) is 0 Å². The minimum absolute atomic E-state index is 0.154. The molecule has 3 aromatic rings. The largest absolute Gasteiger partial charge is 0.507 e. The number of hydrogen-bond donors (Lipinski definition) is 1. The van der Waals surface area contributed by atoms with E-state index in [0.29, 0.717) is 30.5 Å². The third kappa shape index (κ3) is 2.88. The van der Waals surface area contributed by atoms with Gasteiger partial charge < -0.3 is 19.5 Å². The number of fused-ring (bicyclic) bond motifs is 2. The minimum Gasteiger partial charge on any atom is -0.507 e. The molecule has 2 aromatic carbocycles. The molecule has 5 rings (SSSR count). The van der Waals surface area contributed by atoms with Crippen molar-refractivity contribution >= 4 is 5.82 Å². The molecule has 27 heavy (non-hydrogen) atoms. The van der Waals surface area contributed by atoms with Crippen LogP contribution in [-0.4, -0.2) is 41.4 Å². The van der Waals surface area contributed by atoms with E-state index >= 15 is 0 Å². The summed E-state index contributed by atoms with van der Waals surface area (Å²) in [5.41, 5.74) is 2.70. The summed E-state index contributed by atoms with van der Waals surface area (Å²) >= 11 is 0. The number of phenolic OH excluding ortho intramolecular Hbond substituents is 1. The molecular formula is C21H19N3O3. The highest BCUT2D eigenvalue weighted by Crippen LogP contribution is 2.41. The molecule has 136 valence electrons. The number of anilines is 1. The number of aromatic hydroxyl groups is 1. The first-order chi connectivity index (χ1) is 13.3. The molecule has 1 N–H and O–H groups in total. The number of para-hydroxylation sites is 2. The van der Waals surface area contributed by atoms with Crippen LogP contribution < -0.4 is 9.64 Å². The van der Waals surface area contributed by atoms with Crippen molar-refractivity contribution in [2.75, 3.05) is 31.2 Å². The van der Waals surface area contributed by atoms with Gasteiger partial charge in [-0.25, -0.2) is 4.98 Å². The molecule has 1 aromatic heterocycles. The molecule has 6 heteroatoms. The van der Waals surface area contributed by atoms with Crippen LogP contribution in [0.5, 0.6) is 17.4 Å². The second kappa shape index (κ2) is 6.55. The third-order valence-corrected chi connectivity index (χ3v) is 4.95. The molecule has 6 nitrogen and oxygen atoms in total. The predicted molar refractivity (Wildman–Crippen MR) is 101 cm³/mol. The number of aromatic nitrogens is 2. The Morgan fingerprint density at radius 2 is 1.70 bits per heavy atom. The van der Waals surface area contributed by atoms with Crippen LogP contribution in [0.1, 0.15) is 11.1 Å². The number of phenols is 1. The SMILES string of the molecule is Oc1ccccc1-c1nc2c(c(N3CCOCC3)n1)Cc1ccccc1O2. The number of rotatable bonds is 2. The average Bonchev–Trinajstić information content (AvgIpc) is 2.72. The first kappa shape index (κ1) is 16.1. The first-order valence-electron chi connectivity index (χ1n) is 9.07. The van der Waals surface area contributed by atoms with Gasteiger partial charge >= 0.3 is 0 Å². The van der Waals surface area contributed by atoms with E-state index in [1.165, 1.54) is 0 Å². The summed E-state index contributed by atoms with van der Waals surface area (Å²) in [6.07, 6.45) is 0.721. The molecule has 0 atom stereocenters. The van der Waals surface area contributed by atoms with Crippen LogP contribution in [0.4, 0.5) is 5.82 Å². The number of ether oxygens (including phenoxy) is 2. The van der Waals surface area contributed by atoms with Crippen LogP contribution in [0.25, 0.3) is 11.4 Å². The van der Waals surface area contributed by atoms with Gasteiger partial charge in [0.05, 0.1) is 24.3 Å². The summed E-state index contributed by atoms with van der Waals surface area (Å²) in [5, 5.41) is 10.3. The highest BCUT2D eigenvalue weighted by atomic mass is 16.5. The van der Waals surface area contributed by atoms with E-state index in [0.717, 1.165) is 42.2 Å². The molecule has 2 aliphatic heterocycles. The Hall–Kier alpha value is -3.12. The lowest BCUT2D eigenvalue weighted by molar-refractivity contribution is 0.122. The Morgan fingerprint density at radius 1 is 0.926 bits per heavy atom. The molecule has 0 bridgehead atoms. The van der Waals surface area contributed by atoms with E-state index in [4.69, 9.17) is 14.5 Å². The fourth-order valence-electron chi connectivity index (χ4n) is 3.56. The minimum atomic E-state index is 0.154. The zero-order chi connectivity index (χ0) is 18.2. The lowest BCUT2D eigenvalue weighted by Gasteiger charge is -2.31. The standard InChI is InChI=1S/C21H19N3O3/c25-17-7-3-2-6-15(17)19-22-20(24-9-11-26-12-10-24)16-13-14-5-1-4-8-18(14)27-21(16)23-19/h1-8,25H,9-13H2. The Labute approximate surface area is 157 Å². The maximum atomic E-state index is 10.3. The molecule has 0 saturated carbocycles. The molecule has 3 heterocycles. The van der Waals surface area contributed by atoms with Gasteiger partial charge in [-0.05, 0) is 23.8 Å². The van der Waals surface area contributed by atoms with Gasteiger partial charge in [0, 0.05) is 19.5 Å². The first-order valence-corrected chi connectivity index (χ1v) is 9.07. The van der Waals surface area contributed by atoms with Crippen molar-refractivity contribution < 1.29 is 14.6 Å². The average molecular weight is 361 g/mol. The molecule has 1 fully saturated rings. The summed E-state index contributed by atoms with van der Waals surface area (Å²) in [5.74, 6) is 2.86. The molecular weight excluding hydrogens is 342 g/mol. The quantitative estimate of drug-likeness (QED) is 0.590. The Kier molecular flexibility index (Phi) is 3.90. The summed E-state index contributed by atoms with van der Waals surface area (Å²) in [7, 11) is 0. The zero-order valence-corrected chi connectivity index (χ0v) is 14.8. The Bertz CT molecular complexity index is 1000. The highest BCUT2D eigenvalue weighted by molar-refractivity contribution is 5.68.